The molecule has 100 valence electrons. The molecule has 0 unspecified atom stereocenters. The van der Waals surface area contributed by atoms with Gasteiger partial charge in [0.15, 0.2) is 0 Å². The topological polar surface area (TPSA) is 65.5 Å². The Kier molecular flexibility index (Phi) is 4.16. The first-order valence-electron chi connectivity index (χ1n) is 5.76. The van der Waals surface area contributed by atoms with Crippen molar-refractivity contribution in [1.29, 1.82) is 0 Å². The molecule has 0 fully saturated rings. The molecule has 2 rings (SSSR count). The fourth-order valence-corrected chi connectivity index (χ4v) is 2.54. The van der Waals surface area contributed by atoms with Gasteiger partial charge < -0.3 is 14.9 Å². The van der Waals surface area contributed by atoms with Crippen molar-refractivity contribution >= 4 is 23.4 Å². The lowest BCUT2D eigenvalue weighted by Gasteiger charge is -2.05. The summed E-state index contributed by atoms with van der Waals surface area (Å²) in [6, 6.07) is 9.28. The highest BCUT2D eigenvalue weighted by Crippen LogP contribution is 2.29. The Morgan fingerprint density at radius 1 is 1.37 bits per heavy atom. The molecule has 1 aromatic carbocycles. The summed E-state index contributed by atoms with van der Waals surface area (Å²) in [6.45, 7) is 2.02. The van der Waals surface area contributed by atoms with Gasteiger partial charge in [-0.05, 0) is 36.8 Å². The van der Waals surface area contributed by atoms with Gasteiger partial charge in [0.05, 0.1) is 12.9 Å². The minimum absolute atomic E-state index is 0.218. The summed E-state index contributed by atoms with van der Waals surface area (Å²) >= 11 is 1.58. The SMILES string of the molecule is COC(=O)c1ccc(CSc2cc(C)ccc2N)o1. The van der Waals surface area contributed by atoms with Crippen molar-refractivity contribution in [2.45, 2.75) is 17.6 Å². The number of hydrogen-bond acceptors (Lipinski definition) is 5. The van der Waals surface area contributed by atoms with Gasteiger partial charge in [-0.1, -0.05) is 6.07 Å². The predicted molar refractivity (Wildman–Crippen MR) is 75.2 cm³/mol. The molecule has 0 amide bonds. The van der Waals surface area contributed by atoms with E-state index in [2.05, 4.69) is 4.74 Å². The number of esters is 1. The zero-order valence-electron chi connectivity index (χ0n) is 10.8. The highest BCUT2D eigenvalue weighted by Gasteiger charge is 2.11. The van der Waals surface area contributed by atoms with Gasteiger partial charge in [-0.2, -0.15) is 0 Å². The number of carbonyl (C=O) groups is 1. The van der Waals surface area contributed by atoms with Crippen LogP contribution in [0.4, 0.5) is 5.69 Å². The molecule has 0 aliphatic rings. The Morgan fingerprint density at radius 2 is 2.16 bits per heavy atom. The van der Waals surface area contributed by atoms with E-state index in [1.165, 1.54) is 7.11 Å². The number of methoxy groups -OCH3 is 1. The molecule has 0 atom stereocenters. The minimum Gasteiger partial charge on any atom is -0.463 e. The van der Waals surface area contributed by atoms with Gasteiger partial charge >= 0.3 is 5.97 Å². The van der Waals surface area contributed by atoms with E-state index in [1.807, 2.05) is 25.1 Å². The summed E-state index contributed by atoms with van der Waals surface area (Å²) in [5.41, 5.74) is 7.81. The Morgan fingerprint density at radius 3 is 2.89 bits per heavy atom. The highest BCUT2D eigenvalue weighted by molar-refractivity contribution is 7.98. The van der Waals surface area contributed by atoms with Crippen molar-refractivity contribution in [2.24, 2.45) is 0 Å². The Balaban J connectivity index is 2.04. The normalized spacial score (nSPS) is 10.4. The number of anilines is 1. The van der Waals surface area contributed by atoms with Gasteiger partial charge in [-0.15, -0.1) is 11.8 Å². The van der Waals surface area contributed by atoms with E-state index in [9.17, 15) is 4.79 Å². The quantitative estimate of drug-likeness (QED) is 0.528. The van der Waals surface area contributed by atoms with Crippen LogP contribution in [0.5, 0.6) is 0 Å². The lowest BCUT2D eigenvalue weighted by atomic mass is 10.2. The second-order valence-electron chi connectivity index (χ2n) is 4.09. The molecule has 0 saturated heterocycles. The number of aryl methyl sites for hydroxylation is 1. The molecule has 2 aromatic rings. The number of carbonyl (C=O) groups excluding carboxylic acids is 1. The molecule has 0 saturated carbocycles. The maximum atomic E-state index is 11.3. The van der Waals surface area contributed by atoms with E-state index in [0.717, 1.165) is 16.1 Å². The summed E-state index contributed by atoms with van der Waals surface area (Å²) in [4.78, 5) is 12.3. The lowest BCUT2D eigenvalue weighted by molar-refractivity contribution is 0.0563. The van der Waals surface area contributed by atoms with Crippen LogP contribution in [0.1, 0.15) is 21.9 Å². The Labute approximate surface area is 115 Å². The summed E-state index contributed by atoms with van der Waals surface area (Å²) in [5, 5.41) is 0. The Hall–Kier alpha value is -1.88. The van der Waals surface area contributed by atoms with Crippen molar-refractivity contribution in [1.82, 2.24) is 0 Å². The van der Waals surface area contributed by atoms with Gasteiger partial charge in [0, 0.05) is 10.6 Å². The van der Waals surface area contributed by atoms with Crippen LogP contribution in [0.3, 0.4) is 0 Å². The van der Waals surface area contributed by atoms with Gasteiger partial charge in [0.1, 0.15) is 5.76 Å². The van der Waals surface area contributed by atoms with E-state index in [0.29, 0.717) is 11.5 Å². The summed E-state index contributed by atoms with van der Waals surface area (Å²) < 4.78 is 9.98. The number of thioether (sulfide) groups is 1. The van der Waals surface area contributed by atoms with Crippen molar-refractivity contribution in [3.63, 3.8) is 0 Å². The van der Waals surface area contributed by atoms with E-state index < -0.39 is 5.97 Å². The molecule has 19 heavy (non-hydrogen) atoms. The van der Waals surface area contributed by atoms with E-state index in [-0.39, 0.29) is 5.76 Å². The molecule has 0 bridgehead atoms. The molecule has 1 aromatic heterocycles. The van der Waals surface area contributed by atoms with Crippen LogP contribution in [0.25, 0.3) is 0 Å². The highest BCUT2D eigenvalue weighted by atomic mass is 32.2. The average molecular weight is 277 g/mol. The van der Waals surface area contributed by atoms with Crippen LogP contribution in [-0.2, 0) is 10.5 Å². The molecule has 0 spiro atoms. The van der Waals surface area contributed by atoms with Crippen LogP contribution in [0.2, 0.25) is 0 Å². The third-order valence-corrected chi connectivity index (χ3v) is 3.68. The van der Waals surface area contributed by atoms with Crippen molar-refractivity contribution < 1.29 is 13.9 Å². The predicted octanol–water partition coefficient (Wildman–Crippen LogP) is 3.25. The number of ether oxygens (including phenoxy) is 1. The summed E-state index contributed by atoms with van der Waals surface area (Å²) in [6.07, 6.45) is 0. The maximum absolute atomic E-state index is 11.3. The smallest absolute Gasteiger partial charge is 0.373 e. The van der Waals surface area contributed by atoms with E-state index >= 15 is 0 Å². The number of hydrogen-bond donors (Lipinski definition) is 1. The summed E-state index contributed by atoms with van der Waals surface area (Å²) in [5.74, 6) is 1.08. The van der Waals surface area contributed by atoms with Crippen LogP contribution in [0.15, 0.2) is 39.6 Å². The largest absolute Gasteiger partial charge is 0.463 e. The molecular weight excluding hydrogens is 262 g/mol. The van der Waals surface area contributed by atoms with Crippen LogP contribution in [0, 0.1) is 6.92 Å². The fraction of sp³-hybridized carbons (Fsp3) is 0.214. The number of nitrogens with two attached hydrogens (primary N) is 1. The molecule has 0 aliphatic carbocycles. The van der Waals surface area contributed by atoms with Crippen LogP contribution in [-0.4, -0.2) is 13.1 Å². The van der Waals surface area contributed by atoms with Crippen molar-refractivity contribution in [3.8, 4) is 0 Å². The van der Waals surface area contributed by atoms with E-state index in [1.54, 1.807) is 23.9 Å². The lowest BCUT2D eigenvalue weighted by Crippen LogP contribution is -1.98. The maximum Gasteiger partial charge on any atom is 0.373 e. The van der Waals surface area contributed by atoms with Crippen LogP contribution >= 0.6 is 11.8 Å². The molecule has 1 heterocycles. The van der Waals surface area contributed by atoms with E-state index in [4.69, 9.17) is 10.2 Å². The molecule has 4 nitrogen and oxygen atoms in total. The van der Waals surface area contributed by atoms with Gasteiger partial charge in [-0.25, -0.2) is 4.79 Å². The third-order valence-electron chi connectivity index (χ3n) is 2.59. The zero-order chi connectivity index (χ0) is 13.8. The number of benzene rings is 1. The molecule has 5 heteroatoms. The number of furan rings is 1. The van der Waals surface area contributed by atoms with Crippen LogP contribution < -0.4 is 5.73 Å². The average Bonchev–Trinajstić information content (AvgIpc) is 2.88. The molecule has 2 N–H and O–H groups in total. The number of nitrogen functional groups attached to an aromatic ring is 1. The second kappa shape index (κ2) is 5.84. The van der Waals surface area contributed by atoms with Crippen molar-refractivity contribution in [3.05, 3.63) is 47.4 Å². The fourth-order valence-electron chi connectivity index (χ4n) is 1.58. The van der Waals surface area contributed by atoms with Gasteiger partial charge in [0.2, 0.25) is 5.76 Å². The zero-order valence-corrected chi connectivity index (χ0v) is 11.6. The first-order valence-corrected chi connectivity index (χ1v) is 6.74. The molecule has 0 radical (unpaired) electrons. The van der Waals surface area contributed by atoms with Gasteiger partial charge in [-0.3, -0.25) is 0 Å². The van der Waals surface area contributed by atoms with Gasteiger partial charge in [0.25, 0.3) is 0 Å². The first-order chi connectivity index (χ1) is 9.10. The molecular formula is C14H15NO3S. The van der Waals surface area contributed by atoms with Crippen molar-refractivity contribution in [2.75, 3.05) is 12.8 Å². The third kappa shape index (κ3) is 3.32. The Bertz CT molecular complexity index is 592. The number of rotatable bonds is 4. The minimum atomic E-state index is -0.466. The first kappa shape index (κ1) is 13.5. The standard InChI is InChI=1S/C14H15NO3S/c1-9-3-5-11(15)13(7-9)19-8-10-4-6-12(18-10)14(16)17-2/h3-7H,8,15H2,1-2H3. The molecule has 0 aliphatic heterocycles. The second-order valence-corrected chi connectivity index (χ2v) is 5.10. The summed E-state index contributed by atoms with van der Waals surface area (Å²) in [7, 11) is 1.33. The monoisotopic (exact) mass is 277 g/mol.